The maximum absolute atomic E-state index is 12.6. The van der Waals surface area contributed by atoms with Crippen LogP contribution in [0.2, 0.25) is 5.02 Å². The number of carbonyl (C=O) groups excluding carboxylic acids is 1. The van der Waals surface area contributed by atoms with Crippen molar-refractivity contribution < 1.29 is 14.6 Å². The Labute approximate surface area is 249 Å². The number of amides is 1. The fraction of sp³-hybridized carbons (Fsp3) is 0.355. The van der Waals surface area contributed by atoms with Gasteiger partial charge in [0.15, 0.2) is 0 Å². The van der Waals surface area contributed by atoms with Crippen molar-refractivity contribution in [2.45, 2.75) is 57.8 Å². The summed E-state index contributed by atoms with van der Waals surface area (Å²) in [5.74, 6) is 0.496. The van der Waals surface area contributed by atoms with Crippen LogP contribution >= 0.6 is 22.9 Å². The van der Waals surface area contributed by atoms with E-state index >= 15 is 0 Å². The third-order valence-electron chi connectivity index (χ3n) is 6.90. The summed E-state index contributed by atoms with van der Waals surface area (Å²) in [6.45, 7) is 8.33. The van der Waals surface area contributed by atoms with Gasteiger partial charge in [-0.25, -0.2) is 19.7 Å². The number of halogens is 1. The number of carbonyl (C=O) groups is 1. The molecule has 1 saturated heterocycles. The lowest BCUT2D eigenvalue weighted by atomic mass is 9.92. The Kier molecular flexibility index (Phi) is 8.31. The van der Waals surface area contributed by atoms with Gasteiger partial charge < -0.3 is 20.1 Å². The van der Waals surface area contributed by atoms with E-state index in [1.54, 1.807) is 11.1 Å². The number of aromatic nitrogens is 3. The molecule has 0 saturated carbocycles. The van der Waals surface area contributed by atoms with E-state index in [2.05, 4.69) is 29.4 Å². The molecule has 10 heteroatoms. The first kappa shape index (κ1) is 29.0. The van der Waals surface area contributed by atoms with Gasteiger partial charge in [-0.2, -0.15) is 0 Å². The molecule has 1 atom stereocenters. The van der Waals surface area contributed by atoms with Gasteiger partial charge >= 0.3 is 6.09 Å². The fourth-order valence-electron chi connectivity index (χ4n) is 4.70. The molecule has 1 fully saturated rings. The summed E-state index contributed by atoms with van der Waals surface area (Å²) in [6, 6.07) is 19.5. The normalized spacial score (nSPS) is 15.8. The Bertz CT molecular complexity index is 1510. The number of hydrogen-bond donors (Lipinski definition) is 2. The molecule has 0 radical (unpaired) electrons. The molecule has 4 aromatic rings. The average Bonchev–Trinajstić information content (AvgIpc) is 3.40. The molecule has 214 valence electrons. The molecular formula is C31H34ClN5O3S. The number of ether oxygens (including phenoxy) is 1. The smallest absolute Gasteiger partial charge is 0.410 e. The summed E-state index contributed by atoms with van der Waals surface area (Å²) in [6.07, 6.45) is 2.04. The second kappa shape index (κ2) is 11.8. The predicted octanol–water partition coefficient (Wildman–Crippen LogP) is 7.31. The van der Waals surface area contributed by atoms with Gasteiger partial charge in [-0.1, -0.05) is 54.1 Å². The van der Waals surface area contributed by atoms with Crippen LogP contribution in [0.3, 0.4) is 0 Å². The zero-order chi connectivity index (χ0) is 29.2. The molecule has 0 spiro atoms. The molecule has 8 nitrogen and oxygen atoms in total. The van der Waals surface area contributed by atoms with Crippen molar-refractivity contribution in [1.29, 1.82) is 0 Å². The van der Waals surface area contributed by atoms with E-state index in [4.69, 9.17) is 26.3 Å². The topological polar surface area (TPSA) is 100 Å². The number of hydrogen-bond acceptors (Lipinski definition) is 8. The van der Waals surface area contributed by atoms with Crippen LogP contribution in [0.1, 0.15) is 57.1 Å². The van der Waals surface area contributed by atoms with Crippen LogP contribution in [-0.4, -0.2) is 49.7 Å². The summed E-state index contributed by atoms with van der Waals surface area (Å²) in [5.41, 5.74) is 1.57. The predicted molar refractivity (Wildman–Crippen MR) is 163 cm³/mol. The van der Waals surface area contributed by atoms with Gasteiger partial charge in [-0.3, -0.25) is 0 Å². The molecule has 0 bridgehead atoms. The summed E-state index contributed by atoms with van der Waals surface area (Å²) in [5, 5.41) is 16.3. The molecule has 1 amide bonds. The highest BCUT2D eigenvalue weighted by atomic mass is 35.5. The first-order chi connectivity index (χ1) is 19.5. The Balaban J connectivity index is 1.45. The average molecular weight is 592 g/mol. The number of nitrogens with one attached hydrogen (secondary N) is 1. The Morgan fingerprint density at radius 2 is 1.83 bits per heavy atom. The number of benzene rings is 2. The molecule has 2 N–H and O–H groups in total. The first-order valence-electron chi connectivity index (χ1n) is 13.6. The highest BCUT2D eigenvalue weighted by molar-refractivity contribution is 7.15. The molecule has 0 unspecified atom stereocenters. The van der Waals surface area contributed by atoms with E-state index in [0.717, 1.165) is 16.0 Å². The standard InChI is InChI=1S/C31H34ClN5O3S/c1-20(21-9-6-5-7-10-21)34-28-33-16-13-24(35-28)26-25(22-11-8-12-23(32)19-22)36-27(41-26)31(39)14-17-37(18-15-31)29(38)40-30(2,3)4/h5-13,16,19-20,39H,14-15,17-18H2,1-4H3,(H,33,34,35)/t20-/m0/s1. The van der Waals surface area contributed by atoms with Crippen LogP contribution in [0, 0.1) is 0 Å². The fourth-order valence-corrected chi connectivity index (χ4v) is 6.09. The van der Waals surface area contributed by atoms with Crippen LogP contribution in [0.5, 0.6) is 0 Å². The lowest BCUT2D eigenvalue weighted by Crippen LogP contribution is -2.46. The number of aliphatic hydroxyl groups is 1. The Morgan fingerprint density at radius 1 is 1.10 bits per heavy atom. The molecular weight excluding hydrogens is 558 g/mol. The third kappa shape index (κ3) is 6.86. The van der Waals surface area contributed by atoms with Crippen LogP contribution in [0.25, 0.3) is 21.8 Å². The second-order valence-electron chi connectivity index (χ2n) is 11.2. The Morgan fingerprint density at radius 3 is 2.51 bits per heavy atom. The number of thiazole rings is 1. The zero-order valence-electron chi connectivity index (χ0n) is 23.6. The molecule has 3 heterocycles. The monoisotopic (exact) mass is 591 g/mol. The van der Waals surface area contributed by atoms with Gasteiger partial charge in [0.05, 0.1) is 22.3 Å². The molecule has 1 aliphatic heterocycles. The largest absolute Gasteiger partial charge is 0.444 e. The van der Waals surface area contributed by atoms with Crippen molar-refractivity contribution in [2.75, 3.05) is 18.4 Å². The maximum Gasteiger partial charge on any atom is 0.410 e. The van der Waals surface area contributed by atoms with Crippen LogP contribution in [-0.2, 0) is 10.3 Å². The SMILES string of the molecule is C[C@H](Nc1nccc(-c2sc(C3(O)CCN(C(=O)OC(C)(C)C)CC3)nc2-c2cccc(Cl)c2)n1)c1ccccc1. The van der Waals surface area contributed by atoms with Crippen molar-refractivity contribution in [3.8, 4) is 21.8 Å². The summed E-state index contributed by atoms with van der Waals surface area (Å²) in [7, 11) is 0. The zero-order valence-corrected chi connectivity index (χ0v) is 25.2. The van der Waals surface area contributed by atoms with E-state index in [1.807, 2.05) is 69.3 Å². The van der Waals surface area contributed by atoms with E-state index in [-0.39, 0.29) is 12.1 Å². The molecule has 5 rings (SSSR count). The third-order valence-corrected chi connectivity index (χ3v) is 8.41. The second-order valence-corrected chi connectivity index (χ2v) is 12.7. The summed E-state index contributed by atoms with van der Waals surface area (Å²) in [4.78, 5) is 29.3. The van der Waals surface area contributed by atoms with Crippen molar-refractivity contribution >= 4 is 35.0 Å². The van der Waals surface area contributed by atoms with Gasteiger partial charge in [0.1, 0.15) is 16.2 Å². The van der Waals surface area contributed by atoms with E-state index < -0.39 is 11.2 Å². The van der Waals surface area contributed by atoms with Crippen LogP contribution in [0.4, 0.5) is 10.7 Å². The summed E-state index contributed by atoms with van der Waals surface area (Å²) < 4.78 is 5.53. The minimum atomic E-state index is -1.19. The van der Waals surface area contributed by atoms with E-state index in [9.17, 15) is 9.90 Å². The maximum atomic E-state index is 12.6. The first-order valence-corrected chi connectivity index (χ1v) is 14.8. The minimum absolute atomic E-state index is 0.00624. The quantitative estimate of drug-likeness (QED) is 0.242. The number of nitrogens with zero attached hydrogens (tertiary/aromatic N) is 4. The molecule has 0 aliphatic carbocycles. The highest BCUT2D eigenvalue weighted by Crippen LogP contribution is 2.43. The van der Waals surface area contributed by atoms with Gasteiger partial charge in [0, 0.05) is 42.7 Å². The van der Waals surface area contributed by atoms with Gasteiger partial charge in [0.25, 0.3) is 0 Å². The van der Waals surface area contributed by atoms with Crippen molar-refractivity contribution in [1.82, 2.24) is 19.9 Å². The summed E-state index contributed by atoms with van der Waals surface area (Å²) >= 11 is 7.75. The molecule has 2 aromatic heterocycles. The lowest BCUT2D eigenvalue weighted by Gasteiger charge is -2.37. The highest BCUT2D eigenvalue weighted by Gasteiger charge is 2.40. The van der Waals surface area contributed by atoms with Crippen LogP contribution < -0.4 is 5.32 Å². The molecule has 41 heavy (non-hydrogen) atoms. The van der Waals surface area contributed by atoms with E-state index in [0.29, 0.717) is 53.3 Å². The number of piperidine rings is 1. The van der Waals surface area contributed by atoms with Gasteiger partial charge in [-0.05, 0) is 51.5 Å². The molecule has 1 aliphatic rings. The minimum Gasteiger partial charge on any atom is -0.444 e. The number of likely N-dealkylation sites (tertiary alicyclic amines) is 1. The van der Waals surface area contributed by atoms with Crippen molar-refractivity contribution in [3.63, 3.8) is 0 Å². The number of rotatable bonds is 6. The lowest BCUT2D eigenvalue weighted by molar-refractivity contribution is -0.0356. The van der Waals surface area contributed by atoms with Crippen molar-refractivity contribution in [2.24, 2.45) is 0 Å². The van der Waals surface area contributed by atoms with Crippen molar-refractivity contribution in [3.05, 3.63) is 82.5 Å². The van der Waals surface area contributed by atoms with Gasteiger partial charge in [-0.15, -0.1) is 11.3 Å². The van der Waals surface area contributed by atoms with E-state index in [1.165, 1.54) is 11.3 Å². The molecule has 2 aromatic carbocycles. The van der Waals surface area contributed by atoms with Gasteiger partial charge in [0.2, 0.25) is 5.95 Å². The number of anilines is 1. The van der Waals surface area contributed by atoms with Crippen LogP contribution in [0.15, 0.2) is 66.9 Å². The Hall–Kier alpha value is -3.53.